The van der Waals surface area contributed by atoms with Crippen LogP contribution in [0.25, 0.3) is 0 Å². The average Bonchev–Trinajstić information content (AvgIpc) is 2.84. The van der Waals surface area contributed by atoms with Gasteiger partial charge in [0.15, 0.2) is 0 Å². The number of fused-ring (bicyclic) bond motifs is 1. The molecule has 3 aromatic carbocycles. The van der Waals surface area contributed by atoms with E-state index in [9.17, 15) is 31.2 Å². The third-order valence-corrected chi connectivity index (χ3v) is 7.36. The molecule has 0 fully saturated rings. The smallest absolute Gasteiger partial charge is 0.376 e. The van der Waals surface area contributed by atoms with E-state index >= 15 is 0 Å². The summed E-state index contributed by atoms with van der Waals surface area (Å²) < 4.78 is 64.5. The Balaban J connectivity index is 1.66. The number of carbonyl (C=O) groups excluding carboxylic acids is 2. The zero-order valence-electron chi connectivity index (χ0n) is 20.1. The number of amides is 2. The fraction of sp³-hybridized carbons (Fsp3) is 0.231. The van der Waals surface area contributed by atoms with Gasteiger partial charge in [0.2, 0.25) is 5.91 Å². The normalized spacial score (nSPS) is 17.5. The lowest BCUT2D eigenvalue weighted by Crippen LogP contribution is -2.47. The van der Waals surface area contributed by atoms with Gasteiger partial charge in [-0.2, -0.15) is 21.6 Å². The summed E-state index contributed by atoms with van der Waals surface area (Å²) in [6.45, 7) is 3.29. The number of halogens is 4. The molecule has 3 aromatic rings. The summed E-state index contributed by atoms with van der Waals surface area (Å²) in [7, 11) is -5.83. The van der Waals surface area contributed by atoms with Crippen molar-refractivity contribution in [2.45, 2.75) is 37.9 Å². The fourth-order valence-corrected chi connectivity index (χ4v) is 5.07. The molecule has 2 unspecified atom stereocenters. The predicted octanol–water partition coefficient (Wildman–Crippen LogP) is 6.10. The van der Waals surface area contributed by atoms with Crippen LogP contribution in [0, 0.1) is 0 Å². The molecule has 0 bridgehead atoms. The molecule has 0 spiro atoms. The minimum absolute atomic E-state index is 0.114. The van der Waals surface area contributed by atoms with Crippen LogP contribution in [-0.4, -0.2) is 31.8 Å². The minimum atomic E-state index is -5.83. The SMILES string of the molecule is CC(=O)N(c1ccc(Cl)cc1)C1CC(C)N(C(=O)c2ccc(OS(=O)(=O)C(F)(F)F)cc2)c2ccccc21. The Morgan fingerprint density at radius 1 is 1.00 bits per heavy atom. The molecule has 0 radical (unpaired) electrons. The number of benzene rings is 3. The van der Waals surface area contributed by atoms with Crippen molar-refractivity contribution in [3.05, 3.63) is 88.9 Å². The van der Waals surface area contributed by atoms with Gasteiger partial charge in [-0.25, -0.2) is 0 Å². The van der Waals surface area contributed by atoms with Crippen LogP contribution < -0.4 is 14.0 Å². The zero-order chi connectivity index (χ0) is 27.8. The Bertz CT molecular complexity index is 1460. The molecule has 200 valence electrons. The van der Waals surface area contributed by atoms with E-state index in [1.165, 1.54) is 19.1 Å². The van der Waals surface area contributed by atoms with E-state index in [0.717, 1.165) is 17.7 Å². The topological polar surface area (TPSA) is 84.0 Å². The van der Waals surface area contributed by atoms with Gasteiger partial charge < -0.3 is 14.0 Å². The van der Waals surface area contributed by atoms with Gasteiger partial charge in [-0.1, -0.05) is 29.8 Å². The van der Waals surface area contributed by atoms with Crippen LogP contribution in [0.2, 0.25) is 5.02 Å². The van der Waals surface area contributed by atoms with E-state index in [4.69, 9.17) is 11.6 Å². The first-order valence-electron chi connectivity index (χ1n) is 11.4. The molecule has 12 heteroatoms. The van der Waals surface area contributed by atoms with E-state index in [-0.39, 0.29) is 23.6 Å². The number of para-hydroxylation sites is 1. The van der Waals surface area contributed by atoms with Gasteiger partial charge in [-0.3, -0.25) is 9.59 Å². The van der Waals surface area contributed by atoms with Crippen LogP contribution in [0.5, 0.6) is 5.75 Å². The van der Waals surface area contributed by atoms with Gasteiger partial charge in [-0.05, 0) is 73.5 Å². The molecule has 7 nitrogen and oxygen atoms in total. The van der Waals surface area contributed by atoms with Gasteiger partial charge in [0, 0.05) is 34.9 Å². The zero-order valence-corrected chi connectivity index (χ0v) is 21.7. The van der Waals surface area contributed by atoms with Crippen LogP contribution in [0.3, 0.4) is 0 Å². The van der Waals surface area contributed by atoms with Crippen molar-refractivity contribution in [3.8, 4) is 5.75 Å². The predicted molar refractivity (Wildman–Crippen MR) is 137 cm³/mol. The minimum Gasteiger partial charge on any atom is -0.376 e. The molecule has 0 aromatic heterocycles. The quantitative estimate of drug-likeness (QED) is 0.275. The number of alkyl halides is 3. The van der Waals surface area contributed by atoms with Crippen LogP contribution in [0.15, 0.2) is 72.8 Å². The van der Waals surface area contributed by atoms with E-state index in [0.29, 0.717) is 22.8 Å². The third kappa shape index (κ3) is 5.34. The molecular weight excluding hydrogens is 545 g/mol. The van der Waals surface area contributed by atoms with E-state index in [1.807, 2.05) is 13.0 Å². The molecule has 2 amide bonds. The summed E-state index contributed by atoms with van der Waals surface area (Å²) in [6, 6.07) is 17.6. The Kier molecular flexibility index (Phi) is 7.44. The summed E-state index contributed by atoms with van der Waals surface area (Å²) in [5.74, 6) is -1.22. The molecule has 1 aliphatic rings. The summed E-state index contributed by atoms with van der Waals surface area (Å²) in [5.41, 5.74) is -3.51. The standard InChI is InChI=1S/C26H22ClF3N2O5S/c1-16-15-24(32(17(2)33)20-11-9-19(27)10-12-20)22-5-3-4-6-23(22)31(16)25(34)18-7-13-21(14-8-18)37-38(35,36)26(28,29)30/h3-14,16,24H,15H2,1-2H3. The van der Waals surface area contributed by atoms with Gasteiger partial charge in [0.1, 0.15) is 5.75 Å². The Morgan fingerprint density at radius 3 is 2.18 bits per heavy atom. The molecule has 1 aliphatic heterocycles. The first-order valence-corrected chi connectivity index (χ1v) is 13.2. The van der Waals surface area contributed by atoms with E-state index in [2.05, 4.69) is 4.18 Å². The van der Waals surface area contributed by atoms with Crippen LogP contribution in [-0.2, 0) is 14.9 Å². The van der Waals surface area contributed by atoms with Crippen LogP contribution in [0.4, 0.5) is 24.5 Å². The van der Waals surface area contributed by atoms with Gasteiger partial charge in [-0.15, -0.1) is 0 Å². The average molecular weight is 567 g/mol. The van der Waals surface area contributed by atoms with Crippen molar-refractivity contribution < 1.29 is 35.4 Å². The molecule has 0 aliphatic carbocycles. The lowest BCUT2D eigenvalue weighted by molar-refractivity contribution is -0.117. The van der Waals surface area contributed by atoms with Crippen molar-refractivity contribution in [2.75, 3.05) is 9.80 Å². The summed E-state index contributed by atoms with van der Waals surface area (Å²) >= 11 is 6.02. The monoisotopic (exact) mass is 566 g/mol. The van der Waals surface area contributed by atoms with Crippen LogP contribution >= 0.6 is 11.6 Å². The number of hydrogen-bond acceptors (Lipinski definition) is 5. The van der Waals surface area contributed by atoms with Crippen molar-refractivity contribution >= 4 is 44.9 Å². The van der Waals surface area contributed by atoms with E-state index < -0.39 is 27.3 Å². The molecular formula is C26H22ClF3N2O5S. The molecule has 38 heavy (non-hydrogen) atoms. The highest BCUT2D eigenvalue weighted by molar-refractivity contribution is 7.88. The summed E-state index contributed by atoms with van der Waals surface area (Å²) in [6.07, 6.45) is 0.399. The molecule has 0 saturated carbocycles. The fourth-order valence-electron chi connectivity index (χ4n) is 4.48. The Morgan fingerprint density at radius 2 is 1.61 bits per heavy atom. The second kappa shape index (κ2) is 10.3. The van der Waals surface area contributed by atoms with Gasteiger partial charge in [0.25, 0.3) is 5.91 Å². The summed E-state index contributed by atoms with van der Waals surface area (Å²) in [4.78, 5) is 29.5. The first-order chi connectivity index (χ1) is 17.8. The second-order valence-corrected chi connectivity index (χ2v) is 10.7. The van der Waals surface area contributed by atoms with Crippen molar-refractivity contribution in [2.24, 2.45) is 0 Å². The summed E-state index contributed by atoms with van der Waals surface area (Å²) in [5, 5.41) is 0.527. The highest BCUT2D eigenvalue weighted by atomic mass is 35.5. The van der Waals surface area contributed by atoms with Crippen molar-refractivity contribution in [1.82, 2.24) is 0 Å². The molecule has 2 atom stereocenters. The second-order valence-electron chi connectivity index (χ2n) is 8.71. The molecule has 1 heterocycles. The number of anilines is 2. The van der Waals surface area contributed by atoms with Crippen molar-refractivity contribution in [1.29, 1.82) is 0 Å². The lowest BCUT2D eigenvalue weighted by Gasteiger charge is -2.43. The number of rotatable bonds is 5. The number of carbonyl (C=O) groups is 2. The lowest BCUT2D eigenvalue weighted by atomic mass is 9.89. The Hall–Kier alpha value is -3.57. The maximum absolute atomic E-state index is 13.5. The molecule has 4 rings (SSSR count). The third-order valence-electron chi connectivity index (χ3n) is 6.13. The van der Waals surface area contributed by atoms with E-state index in [1.54, 1.807) is 52.3 Å². The Labute approximate surface area is 222 Å². The van der Waals surface area contributed by atoms with Crippen LogP contribution in [0.1, 0.15) is 42.2 Å². The first kappa shape index (κ1) is 27.5. The van der Waals surface area contributed by atoms with Crippen molar-refractivity contribution in [3.63, 3.8) is 0 Å². The molecule has 0 N–H and O–H groups in total. The van der Waals surface area contributed by atoms with Gasteiger partial charge >= 0.3 is 15.6 Å². The number of nitrogens with zero attached hydrogens (tertiary/aromatic N) is 2. The maximum Gasteiger partial charge on any atom is 0.534 e. The maximum atomic E-state index is 13.5. The molecule has 0 saturated heterocycles. The van der Waals surface area contributed by atoms with Gasteiger partial charge in [0.05, 0.1) is 6.04 Å². The highest BCUT2D eigenvalue weighted by Gasteiger charge is 2.48. The highest BCUT2D eigenvalue weighted by Crippen LogP contribution is 2.43. The largest absolute Gasteiger partial charge is 0.534 e. The number of hydrogen-bond donors (Lipinski definition) is 0.